The van der Waals surface area contributed by atoms with Crippen LogP contribution in [0.1, 0.15) is 6.92 Å². The van der Waals surface area contributed by atoms with E-state index in [-0.39, 0.29) is 11.7 Å². The molecule has 10 heteroatoms. The molecule has 0 saturated heterocycles. The normalized spacial score (nSPS) is 12.4. The monoisotopic (exact) mass is 408 g/mol. The number of anilines is 1. The third-order valence-electron chi connectivity index (χ3n) is 3.50. The minimum Gasteiger partial charge on any atom is -0.406 e. The van der Waals surface area contributed by atoms with Gasteiger partial charge in [-0.1, -0.05) is 30.0 Å². The van der Waals surface area contributed by atoms with Crippen LogP contribution in [0.5, 0.6) is 5.75 Å². The molecule has 146 valence electrons. The van der Waals surface area contributed by atoms with Crippen LogP contribution in [-0.4, -0.2) is 32.3 Å². The fraction of sp³-hybridized carbons (Fsp3) is 0.167. The number of halogens is 3. The summed E-state index contributed by atoms with van der Waals surface area (Å²) in [5.41, 5.74) is 1.20. The maximum Gasteiger partial charge on any atom is 0.573 e. The molecule has 1 unspecified atom stereocenters. The number of ether oxygens (including phenoxy) is 1. The van der Waals surface area contributed by atoms with E-state index >= 15 is 0 Å². The van der Waals surface area contributed by atoms with Gasteiger partial charge in [0.25, 0.3) is 0 Å². The molecule has 0 saturated carbocycles. The van der Waals surface area contributed by atoms with Crippen molar-refractivity contribution in [1.29, 1.82) is 0 Å². The van der Waals surface area contributed by atoms with Gasteiger partial charge >= 0.3 is 6.36 Å². The quantitative estimate of drug-likeness (QED) is 0.617. The predicted molar refractivity (Wildman–Crippen MR) is 98.4 cm³/mol. The summed E-state index contributed by atoms with van der Waals surface area (Å²) in [7, 11) is 0. The Labute approximate surface area is 162 Å². The van der Waals surface area contributed by atoms with Crippen molar-refractivity contribution >= 4 is 23.4 Å². The summed E-state index contributed by atoms with van der Waals surface area (Å²) in [6.45, 7) is 1.68. The van der Waals surface area contributed by atoms with Gasteiger partial charge in [0.1, 0.15) is 12.1 Å². The zero-order valence-electron chi connectivity index (χ0n) is 14.6. The third-order valence-corrected chi connectivity index (χ3v) is 4.46. The molecule has 2 aromatic carbocycles. The van der Waals surface area contributed by atoms with Gasteiger partial charge in [0.15, 0.2) is 0 Å². The third kappa shape index (κ3) is 5.49. The van der Waals surface area contributed by atoms with E-state index < -0.39 is 11.6 Å². The second-order valence-electron chi connectivity index (χ2n) is 5.63. The van der Waals surface area contributed by atoms with E-state index in [1.807, 2.05) is 30.3 Å². The van der Waals surface area contributed by atoms with Crippen LogP contribution in [0.4, 0.5) is 18.9 Å². The van der Waals surface area contributed by atoms with Crippen LogP contribution in [-0.2, 0) is 4.79 Å². The maximum absolute atomic E-state index is 12.3. The summed E-state index contributed by atoms with van der Waals surface area (Å²) < 4.78 is 41.9. The van der Waals surface area contributed by atoms with Crippen molar-refractivity contribution < 1.29 is 22.7 Å². The van der Waals surface area contributed by atoms with Crippen molar-refractivity contribution in [2.75, 3.05) is 5.32 Å². The average molecular weight is 408 g/mol. The highest BCUT2D eigenvalue weighted by Gasteiger charge is 2.31. The first kappa shape index (κ1) is 19.7. The number of benzene rings is 2. The lowest BCUT2D eigenvalue weighted by molar-refractivity contribution is -0.274. The van der Waals surface area contributed by atoms with Crippen LogP contribution in [0.25, 0.3) is 5.69 Å². The number of rotatable bonds is 6. The SMILES string of the molecule is CC(Sc1ncn(-c2ccccc2)n1)C(=O)Nc1ccc(OC(F)(F)F)cc1. The molecule has 1 N–H and O–H groups in total. The molecule has 3 rings (SSSR count). The second-order valence-corrected chi connectivity index (χ2v) is 6.94. The molecule has 1 heterocycles. The molecule has 0 aliphatic carbocycles. The predicted octanol–water partition coefficient (Wildman–Crippen LogP) is 4.29. The van der Waals surface area contributed by atoms with Crippen LogP contribution >= 0.6 is 11.8 Å². The van der Waals surface area contributed by atoms with Gasteiger partial charge in [-0.3, -0.25) is 4.79 Å². The van der Waals surface area contributed by atoms with E-state index in [9.17, 15) is 18.0 Å². The lowest BCUT2D eigenvalue weighted by Crippen LogP contribution is -2.22. The van der Waals surface area contributed by atoms with E-state index in [0.717, 1.165) is 17.8 Å². The van der Waals surface area contributed by atoms with E-state index in [4.69, 9.17) is 0 Å². The molecule has 0 bridgehead atoms. The lowest BCUT2D eigenvalue weighted by atomic mass is 10.3. The van der Waals surface area contributed by atoms with Crippen LogP contribution in [0.3, 0.4) is 0 Å². The fourth-order valence-electron chi connectivity index (χ4n) is 2.20. The first-order valence-electron chi connectivity index (χ1n) is 8.10. The number of para-hydroxylation sites is 1. The minimum absolute atomic E-state index is 0.328. The highest BCUT2D eigenvalue weighted by molar-refractivity contribution is 8.00. The average Bonchev–Trinajstić information content (AvgIpc) is 3.11. The highest BCUT2D eigenvalue weighted by Crippen LogP contribution is 2.25. The number of nitrogens with one attached hydrogen (secondary N) is 1. The first-order valence-corrected chi connectivity index (χ1v) is 8.98. The zero-order valence-corrected chi connectivity index (χ0v) is 15.4. The van der Waals surface area contributed by atoms with E-state index in [1.54, 1.807) is 17.9 Å². The minimum atomic E-state index is -4.76. The molecule has 3 aromatic rings. The standard InChI is InChI=1S/C18H15F3N4O2S/c1-12(28-17-22-11-25(24-17)14-5-3-2-4-6-14)16(26)23-13-7-9-15(10-8-13)27-18(19,20)21/h2-12H,1H3,(H,23,26). The molecule has 6 nitrogen and oxygen atoms in total. The molecule has 0 spiro atoms. The smallest absolute Gasteiger partial charge is 0.406 e. The topological polar surface area (TPSA) is 69.0 Å². The van der Waals surface area contributed by atoms with Crippen LogP contribution in [0, 0.1) is 0 Å². The number of hydrogen-bond donors (Lipinski definition) is 1. The summed E-state index contributed by atoms with van der Waals surface area (Å²) in [4.78, 5) is 16.5. The van der Waals surface area contributed by atoms with Gasteiger partial charge in [0, 0.05) is 5.69 Å². The van der Waals surface area contributed by atoms with Crippen LogP contribution in [0.15, 0.2) is 66.1 Å². The molecule has 1 aromatic heterocycles. The van der Waals surface area contributed by atoms with Gasteiger partial charge in [-0.2, -0.15) is 0 Å². The molecule has 0 aliphatic rings. The van der Waals surface area contributed by atoms with Crippen molar-refractivity contribution in [2.24, 2.45) is 0 Å². The van der Waals surface area contributed by atoms with Crippen molar-refractivity contribution in [3.05, 3.63) is 60.9 Å². The number of amides is 1. The molecule has 0 fully saturated rings. The summed E-state index contributed by atoms with van der Waals surface area (Å²) in [6.07, 6.45) is -3.20. The molecular formula is C18H15F3N4O2S. The van der Waals surface area contributed by atoms with E-state index in [0.29, 0.717) is 10.8 Å². The summed E-state index contributed by atoms with van der Waals surface area (Å²) in [6, 6.07) is 14.3. The summed E-state index contributed by atoms with van der Waals surface area (Å²) >= 11 is 1.17. The summed E-state index contributed by atoms with van der Waals surface area (Å²) in [5.74, 6) is -0.686. The zero-order chi connectivity index (χ0) is 20.1. The van der Waals surface area contributed by atoms with Crippen LogP contribution < -0.4 is 10.1 Å². The number of hydrogen-bond acceptors (Lipinski definition) is 5. The first-order chi connectivity index (χ1) is 13.3. The molecule has 0 aliphatic heterocycles. The number of nitrogens with zero attached hydrogens (tertiary/aromatic N) is 3. The van der Waals surface area contributed by atoms with Gasteiger partial charge in [-0.15, -0.1) is 18.3 Å². The Bertz CT molecular complexity index is 930. The summed E-state index contributed by atoms with van der Waals surface area (Å²) in [5, 5.41) is 6.87. The Kier molecular flexibility index (Phi) is 5.88. The Morgan fingerprint density at radius 2 is 1.82 bits per heavy atom. The van der Waals surface area contributed by atoms with Crippen LogP contribution in [0.2, 0.25) is 0 Å². The largest absolute Gasteiger partial charge is 0.573 e. The van der Waals surface area contributed by atoms with Crippen molar-refractivity contribution in [1.82, 2.24) is 14.8 Å². The number of thioether (sulfide) groups is 1. The number of carbonyl (C=O) groups excluding carboxylic acids is 1. The van der Waals surface area contributed by atoms with Crippen molar-refractivity contribution in [3.8, 4) is 11.4 Å². The molecule has 1 amide bonds. The van der Waals surface area contributed by atoms with Gasteiger partial charge in [0.2, 0.25) is 11.1 Å². The molecule has 28 heavy (non-hydrogen) atoms. The van der Waals surface area contributed by atoms with Gasteiger partial charge in [-0.25, -0.2) is 9.67 Å². The number of alkyl halides is 3. The fourth-order valence-corrected chi connectivity index (χ4v) is 2.93. The Morgan fingerprint density at radius 3 is 2.46 bits per heavy atom. The van der Waals surface area contributed by atoms with E-state index in [2.05, 4.69) is 20.1 Å². The van der Waals surface area contributed by atoms with Gasteiger partial charge in [-0.05, 0) is 43.3 Å². The van der Waals surface area contributed by atoms with E-state index in [1.165, 1.54) is 23.9 Å². The highest BCUT2D eigenvalue weighted by atomic mass is 32.2. The number of carbonyl (C=O) groups is 1. The Hall–Kier alpha value is -3.01. The number of aromatic nitrogens is 3. The van der Waals surface area contributed by atoms with Gasteiger partial charge in [0.05, 0.1) is 10.9 Å². The molecule has 0 radical (unpaired) electrons. The maximum atomic E-state index is 12.3. The molecular weight excluding hydrogens is 393 g/mol. The Morgan fingerprint density at radius 1 is 1.14 bits per heavy atom. The van der Waals surface area contributed by atoms with Crippen molar-refractivity contribution in [3.63, 3.8) is 0 Å². The second kappa shape index (κ2) is 8.34. The lowest BCUT2D eigenvalue weighted by Gasteiger charge is -2.12. The van der Waals surface area contributed by atoms with Gasteiger partial charge < -0.3 is 10.1 Å². The van der Waals surface area contributed by atoms with Crippen molar-refractivity contribution in [2.45, 2.75) is 23.7 Å². The Balaban J connectivity index is 1.57. The molecule has 1 atom stereocenters.